The fourth-order valence-corrected chi connectivity index (χ4v) is 2.87. The zero-order chi connectivity index (χ0) is 15.8. The predicted molar refractivity (Wildman–Crippen MR) is 79.6 cm³/mol. The Labute approximate surface area is 122 Å². The van der Waals surface area contributed by atoms with Crippen LogP contribution in [0.2, 0.25) is 0 Å². The fourth-order valence-electron chi connectivity index (χ4n) is 1.83. The third kappa shape index (κ3) is 10.2. The summed E-state index contributed by atoms with van der Waals surface area (Å²) in [4.78, 5) is 10.6. The monoisotopic (exact) mass is 308 g/mol. The maximum absolute atomic E-state index is 11.6. The summed E-state index contributed by atoms with van der Waals surface area (Å²) in [5.41, 5.74) is 0. The van der Waals surface area contributed by atoms with Crippen LogP contribution in [0, 0.1) is 17.8 Å². The van der Waals surface area contributed by atoms with Crippen LogP contribution < -0.4 is 9.44 Å². The van der Waals surface area contributed by atoms with Gasteiger partial charge in [-0.3, -0.25) is 4.79 Å². The van der Waals surface area contributed by atoms with Crippen LogP contribution >= 0.6 is 0 Å². The normalized spacial score (nSPS) is 13.9. The molecule has 0 rings (SSSR count). The molecule has 1 unspecified atom stereocenters. The van der Waals surface area contributed by atoms with Gasteiger partial charge in [0.1, 0.15) is 0 Å². The molecule has 0 amide bonds. The quantitative estimate of drug-likeness (QED) is 0.540. The van der Waals surface area contributed by atoms with E-state index in [0.717, 1.165) is 0 Å². The molecule has 20 heavy (non-hydrogen) atoms. The van der Waals surface area contributed by atoms with Crippen molar-refractivity contribution in [1.29, 1.82) is 0 Å². The van der Waals surface area contributed by atoms with Gasteiger partial charge < -0.3 is 5.11 Å². The van der Waals surface area contributed by atoms with Crippen LogP contribution in [0.5, 0.6) is 0 Å². The van der Waals surface area contributed by atoms with Crippen molar-refractivity contribution in [3.8, 4) is 0 Å². The van der Waals surface area contributed by atoms with Crippen LogP contribution in [0.15, 0.2) is 0 Å². The van der Waals surface area contributed by atoms with Crippen molar-refractivity contribution in [2.75, 3.05) is 13.1 Å². The Bertz CT molecular complexity index is 380. The van der Waals surface area contributed by atoms with E-state index in [-0.39, 0.29) is 18.3 Å². The van der Waals surface area contributed by atoms with E-state index in [2.05, 4.69) is 9.44 Å². The first kappa shape index (κ1) is 19.3. The lowest BCUT2D eigenvalue weighted by Gasteiger charge is -2.20. The van der Waals surface area contributed by atoms with Gasteiger partial charge in [0.25, 0.3) is 10.2 Å². The third-order valence-electron chi connectivity index (χ3n) is 3.16. The lowest BCUT2D eigenvalue weighted by atomic mass is 9.88. The highest BCUT2D eigenvalue weighted by atomic mass is 32.2. The summed E-state index contributed by atoms with van der Waals surface area (Å²) in [6, 6.07) is 0. The number of hydrogen-bond acceptors (Lipinski definition) is 3. The molecule has 6 nitrogen and oxygen atoms in total. The average molecular weight is 308 g/mol. The molecule has 0 aromatic carbocycles. The second-order valence-corrected chi connectivity index (χ2v) is 7.45. The standard InChI is InChI=1S/C13H28N2O4S/c1-10(2)9-15-20(18,19)14-8-7-12(11(3)4)5-6-13(16)17/h10-12,14-15H,5-9H2,1-4H3,(H,16,17). The van der Waals surface area contributed by atoms with Gasteiger partial charge in [-0.1, -0.05) is 27.7 Å². The molecule has 3 N–H and O–H groups in total. The van der Waals surface area contributed by atoms with Crippen molar-refractivity contribution in [2.45, 2.75) is 47.0 Å². The molecule has 0 radical (unpaired) electrons. The highest BCUT2D eigenvalue weighted by Gasteiger charge is 2.16. The number of rotatable bonds is 11. The second kappa shape index (κ2) is 9.31. The second-order valence-electron chi connectivity index (χ2n) is 5.87. The van der Waals surface area contributed by atoms with Crippen molar-refractivity contribution in [3.05, 3.63) is 0 Å². The van der Waals surface area contributed by atoms with Gasteiger partial charge in [-0.05, 0) is 30.6 Å². The van der Waals surface area contributed by atoms with Gasteiger partial charge >= 0.3 is 5.97 Å². The third-order valence-corrected chi connectivity index (χ3v) is 4.29. The van der Waals surface area contributed by atoms with E-state index in [4.69, 9.17) is 5.11 Å². The lowest BCUT2D eigenvalue weighted by molar-refractivity contribution is -0.137. The largest absolute Gasteiger partial charge is 0.481 e. The average Bonchev–Trinajstić information content (AvgIpc) is 2.30. The van der Waals surface area contributed by atoms with Gasteiger partial charge in [-0.2, -0.15) is 8.42 Å². The first-order valence-corrected chi connectivity index (χ1v) is 8.58. The van der Waals surface area contributed by atoms with E-state index in [0.29, 0.717) is 31.8 Å². The maximum atomic E-state index is 11.6. The number of nitrogens with one attached hydrogen (secondary N) is 2. The molecule has 120 valence electrons. The molecular formula is C13H28N2O4S. The molecule has 0 aliphatic heterocycles. The molecule has 7 heteroatoms. The zero-order valence-electron chi connectivity index (χ0n) is 12.8. The van der Waals surface area contributed by atoms with Gasteiger partial charge in [-0.25, -0.2) is 9.44 Å². The Kier molecular flexibility index (Phi) is 9.00. The van der Waals surface area contributed by atoms with Gasteiger partial charge in [0, 0.05) is 19.5 Å². The smallest absolute Gasteiger partial charge is 0.303 e. The predicted octanol–water partition coefficient (Wildman–Crippen LogP) is 1.59. The van der Waals surface area contributed by atoms with Crippen molar-refractivity contribution >= 4 is 16.2 Å². The highest BCUT2D eigenvalue weighted by molar-refractivity contribution is 7.87. The summed E-state index contributed by atoms with van der Waals surface area (Å²) < 4.78 is 28.3. The van der Waals surface area contributed by atoms with E-state index in [1.54, 1.807) is 0 Å². The SMILES string of the molecule is CC(C)CNS(=O)(=O)NCCC(CCC(=O)O)C(C)C. The van der Waals surface area contributed by atoms with Crippen molar-refractivity contribution in [2.24, 2.45) is 17.8 Å². The van der Waals surface area contributed by atoms with E-state index in [9.17, 15) is 13.2 Å². The highest BCUT2D eigenvalue weighted by Crippen LogP contribution is 2.20. The minimum absolute atomic E-state index is 0.126. The zero-order valence-corrected chi connectivity index (χ0v) is 13.7. The van der Waals surface area contributed by atoms with Crippen molar-refractivity contribution in [3.63, 3.8) is 0 Å². The first-order valence-electron chi connectivity index (χ1n) is 7.10. The molecule has 0 bridgehead atoms. The number of carbonyl (C=O) groups is 1. The number of carboxylic acids is 1. The van der Waals surface area contributed by atoms with E-state index in [1.165, 1.54) is 0 Å². The molecule has 0 heterocycles. The summed E-state index contributed by atoms with van der Waals surface area (Å²) >= 11 is 0. The Morgan fingerprint density at radius 2 is 1.70 bits per heavy atom. The van der Waals surface area contributed by atoms with E-state index >= 15 is 0 Å². The van der Waals surface area contributed by atoms with Crippen molar-refractivity contribution in [1.82, 2.24) is 9.44 Å². The Hall–Kier alpha value is -0.660. The number of carboxylic acid groups (broad SMARTS) is 1. The number of hydrogen-bond donors (Lipinski definition) is 3. The van der Waals surface area contributed by atoms with Crippen LogP contribution in [0.1, 0.15) is 47.0 Å². The van der Waals surface area contributed by atoms with E-state index in [1.807, 2.05) is 27.7 Å². The van der Waals surface area contributed by atoms with Gasteiger partial charge in [-0.15, -0.1) is 0 Å². The minimum Gasteiger partial charge on any atom is -0.481 e. The Balaban J connectivity index is 4.13. The number of aliphatic carboxylic acids is 1. The topological polar surface area (TPSA) is 95.5 Å². The van der Waals surface area contributed by atoms with Crippen LogP contribution in [-0.4, -0.2) is 32.6 Å². The van der Waals surface area contributed by atoms with Gasteiger partial charge in [0.15, 0.2) is 0 Å². The molecule has 0 spiro atoms. The molecule has 1 atom stereocenters. The van der Waals surface area contributed by atoms with Crippen LogP contribution in [0.3, 0.4) is 0 Å². The Morgan fingerprint density at radius 3 is 2.15 bits per heavy atom. The summed E-state index contributed by atoms with van der Waals surface area (Å²) in [7, 11) is -3.45. The summed E-state index contributed by atoms with van der Waals surface area (Å²) in [6.45, 7) is 8.65. The molecule has 0 aliphatic rings. The molecule has 0 fully saturated rings. The molecule has 0 saturated heterocycles. The van der Waals surface area contributed by atoms with Crippen LogP contribution in [-0.2, 0) is 15.0 Å². The van der Waals surface area contributed by atoms with Crippen LogP contribution in [0.25, 0.3) is 0 Å². The maximum Gasteiger partial charge on any atom is 0.303 e. The molecule has 0 aliphatic carbocycles. The lowest BCUT2D eigenvalue weighted by Crippen LogP contribution is -2.39. The molecule has 0 aromatic heterocycles. The van der Waals surface area contributed by atoms with Gasteiger partial charge in [0.2, 0.25) is 0 Å². The van der Waals surface area contributed by atoms with E-state index < -0.39 is 16.2 Å². The summed E-state index contributed by atoms with van der Waals surface area (Å²) in [5, 5.41) is 8.70. The summed E-state index contributed by atoms with van der Waals surface area (Å²) in [6.07, 6.45) is 1.35. The van der Waals surface area contributed by atoms with Crippen molar-refractivity contribution < 1.29 is 18.3 Å². The summed E-state index contributed by atoms with van der Waals surface area (Å²) in [5.74, 6) is -0.0123. The first-order chi connectivity index (χ1) is 9.14. The minimum atomic E-state index is -3.45. The molecule has 0 saturated carbocycles. The fraction of sp³-hybridized carbons (Fsp3) is 0.923. The van der Waals surface area contributed by atoms with Gasteiger partial charge in [0.05, 0.1) is 0 Å². The molecular weight excluding hydrogens is 280 g/mol. The Morgan fingerprint density at radius 1 is 1.10 bits per heavy atom. The van der Waals surface area contributed by atoms with Crippen LogP contribution in [0.4, 0.5) is 0 Å². The molecule has 0 aromatic rings.